The zero-order valence-electron chi connectivity index (χ0n) is 13.1. The van der Waals surface area contributed by atoms with Crippen molar-refractivity contribution in [2.24, 2.45) is 0 Å². The number of oxazole rings is 1. The lowest BCUT2D eigenvalue weighted by molar-refractivity contribution is 0.0490. The smallest absolute Gasteiger partial charge is 0.376 e. The molecule has 0 radical (unpaired) electrons. The topological polar surface area (TPSA) is 52.3 Å². The van der Waals surface area contributed by atoms with Gasteiger partial charge in [-0.1, -0.05) is 12.1 Å². The number of rotatable bonds is 4. The normalized spacial score (nSPS) is 11.5. The van der Waals surface area contributed by atoms with Crippen LogP contribution in [0.4, 0.5) is 5.69 Å². The average Bonchev–Trinajstić information content (AvgIpc) is 2.80. The number of para-hydroxylation sites is 1. The molecule has 0 aliphatic rings. The van der Waals surface area contributed by atoms with Gasteiger partial charge in [-0.15, -0.1) is 0 Å². The van der Waals surface area contributed by atoms with E-state index in [0.717, 1.165) is 11.3 Å². The number of quaternary nitrogens is 1. The molecule has 2 rings (SSSR count). The number of hydrogen-bond acceptors (Lipinski definition) is 4. The zero-order valence-corrected chi connectivity index (χ0v) is 13.1. The Morgan fingerprint density at radius 2 is 1.95 bits per heavy atom. The zero-order chi connectivity index (χ0) is 15.6. The van der Waals surface area contributed by atoms with Crippen molar-refractivity contribution in [1.29, 1.82) is 0 Å². The van der Waals surface area contributed by atoms with E-state index in [4.69, 9.17) is 9.15 Å². The fourth-order valence-electron chi connectivity index (χ4n) is 2.20. The fourth-order valence-corrected chi connectivity index (χ4v) is 2.20. The molecule has 21 heavy (non-hydrogen) atoms. The van der Waals surface area contributed by atoms with Crippen LogP contribution in [0, 0.1) is 6.92 Å². The maximum absolute atomic E-state index is 12.1. The molecule has 0 spiro atoms. The minimum atomic E-state index is -0.482. The minimum absolute atomic E-state index is 0.162. The van der Waals surface area contributed by atoms with Gasteiger partial charge < -0.3 is 9.15 Å². The Hall–Kier alpha value is -2.14. The van der Waals surface area contributed by atoms with Gasteiger partial charge in [-0.05, 0) is 19.1 Å². The van der Waals surface area contributed by atoms with Crippen molar-refractivity contribution in [3.63, 3.8) is 0 Å². The molecular formula is C16H21N2O3+. The molecule has 5 heteroatoms. The van der Waals surface area contributed by atoms with Gasteiger partial charge in [-0.25, -0.2) is 9.78 Å². The van der Waals surface area contributed by atoms with Crippen molar-refractivity contribution < 1.29 is 13.9 Å². The van der Waals surface area contributed by atoms with Crippen molar-refractivity contribution in [3.8, 4) is 11.3 Å². The Labute approximate surface area is 124 Å². The molecule has 0 bridgehead atoms. The van der Waals surface area contributed by atoms with Crippen molar-refractivity contribution in [2.45, 2.75) is 13.8 Å². The maximum atomic E-state index is 12.1. The van der Waals surface area contributed by atoms with E-state index < -0.39 is 5.97 Å². The van der Waals surface area contributed by atoms with E-state index >= 15 is 0 Å². The first-order valence-electron chi connectivity index (χ1n) is 6.90. The number of ether oxygens (including phenoxy) is 1. The van der Waals surface area contributed by atoms with E-state index in [0.29, 0.717) is 22.7 Å². The van der Waals surface area contributed by atoms with E-state index in [1.54, 1.807) is 13.8 Å². The minimum Gasteiger partial charge on any atom is -0.460 e. The Bertz CT molecular complexity index is 654. The molecular weight excluding hydrogens is 268 g/mol. The van der Waals surface area contributed by atoms with E-state index in [2.05, 4.69) is 26.1 Å². The molecule has 112 valence electrons. The van der Waals surface area contributed by atoms with Gasteiger partial charge in [0.05, 0.1) is 33.3 Å². The summed E-state index contributed by atoms with van der Waals surface area (Å²) < 4.78 is 11.1. The molecule has 5 nitrogen and oxygen atoms in total. The Morgan fingerprint density at radius 3 is 2.57 bits per heavy atom. The molecule has 0 saturated carbocycles. The molecule has 0 atom stereocenters. The SMILES string of the molecule is CCOC(=O)c1oc(C)nc1-c1ccccc1[N+](C)(C)C. The summed E-state index contributed by atoms with van der Waals surface area (Å²) in [6, 6.07) is 7.86. The van der Waals surface area contributed by atoms with Crippen LogP contribution >= 0.6 is 0 Å². The molecule has 0 unspecified atom stereocenters. The van der Waals surface area contributed by atoms with E-state index in [-0.39, 0.29) is 5.76 Å². The van der Waals surface area contributed by atoms with Gasteiger partial charge >= 0.3 is 5.97 Å². The average molecular weight is 289 g/mol. The summed E-state index contributed by atoms with van der Waals surface area (Å²) in [7, 11) is 6.20. The second-order valence-electron chi connectivity index (χ2n) is 5.66. The van der Waals surface area contributed by atoms with Crippen molar-refractivity contribution in [3.05, 3.63) is 35.9 Å². The maximum Gasteiger partial charge on any atom is 0.376 e. The first kappa shape index (κ1) is 15.3. The van der Waals surface area contributed by atoms with Crippen LogP contribution in [0.5, 0.6) is 0 Å². The van der Waals surface area contributed by atoms with Crippen LogP contribution in [0.25, 0.3) is 11.3 Å². The van der Waals surface area contributed by atoms with Gasteiger partial charge in [-0.3, -0.25) is 4.48 Å². The predicted octanol–water partition coefficient (Wildman–Crippen LogP) is 3.02. The standard InChI is InChI=1S/C16H21N2O3/c1-6-20-16(19)15-14(17-11(2)21-15)12-9-7-8-10-13(12)18(3,4)5/h7-10H,6H2,1-5H3/q+1. The molecule has 0 saturated heterocycles. The quantitative estimate of drug-likeness (QED) is 0.641. The number of nitrogens with zero attached hydrogens (tertiary/aromatic N) is 2. The molecule has 0 N–H and O–H groups in total. The Morgan fingerprint density at radius 1 is 1.29 bits per heavy atom. The number of aromatic nitrogens is 1. The monoisotopic (exact) mass is 289 g/mol. The molecule has 1 heterocycles. The van der Waals surface area contributed by atoms with Crippen molar-refractivity contribution >= 4 is 11.7 Å². The summed E-state index contributed by atoms with van der Waals surface area (Å²) in [6.45, 7) is 3.79. The highest BCUT2D eigenvalue weighted by atomic mass is 16.5. The van der Waals surface area contributed by atoms with Gasteiger partial charge in [0, 0.05) is 6.92 Å². The van der Waals surface area contributed by atoms with E-state index in [1.807, 2.05) is 24.3 Å². The number of aryl methyl sites for hydroxylation is 1. The van der Waals surface area contributed by atoms with Crippen LogP contribution < -0.4 is 4.48 Å². The Balaban J connectivity index is 2.61. The molecule has 2 aromatic rings. The van der Waals surface area contributed by atoms with Gasteiger partial charge in [0.25, 0.3) is 0 Å². The third-order valence-corrected chi connectivity index (χ3v) is 3.08. The molecule has 0 fully saturated rings. The third kappa shape index (κ3) is 3.13. The van der Waals surface area contributed by atoms with Crippen LogP contribution in [0.15, 0.2) is 28.7 Å². The van der Waals surface area contributed by atoms with Crippen LogP contribution in [0.3, 0.4) is 0 Å². The number of esters is 1. The van der Waals surface area contributed by atoms with Gasteiger partial charge in [0.2, 0.25) is 5.76 Å². The second-order valence-corrected chi connectivity index (χ2v) is 5.66. The lowest BCUT2D eigenvalue weighted by atomic mass is 10.1. The van der Waals surface area contributed by atoms with E-state index in [1.165, 1.54) is 0 Å². The van der Waals surface area contributed by atoms with E-state index in [9.17, 15) is 4.79 Å². The van der Waals surface area contributed by atoms with Gasteiger partial charge in [0.15, 0.2) is 5.89 Å². The highest BCUT2D eigenvalue weighted by Gasteiger charge is 2.27. The van der Waals surface area contributed by atoms with Gasteiger partial charge in [-0.2, -0.15) is 0 Å². The summed E-state index contributed by atoms with van der Waals surface area (Å²) >= 11 is 0. The molecule has 1 aromatic heterocycles. The summed E-state index contributed by atoms with van der Waals surface area (Å²) in [5.41, 5.74) is 2.47. The van der Waals surface area contributed by atoms with Crippen LogP contribution in [-0.4, -0.2) is 38.7 Å². The summed E-state index contributed by atoms with van der Waals surface area (Å²) in [6.07, 6.45) is 0. The van der Waals surface area contributed by atoms with Crippen LogP contribution in [-0.2, 0) is 4.74 Å². The molecule has 0 amide bonds. The highest BCUT2D eigenvalue weighted by molar-refractivity contribution is 5.95. The van der Waals surface area contributed by atoms with Crippen LogP contribution in [0.1, 0.15) is 23.4 Å². The van der Waals surface area contributed by atoms with Crippen LogP contribution in [0.2, 0.25) is 0 Å². The second kappa shape index (κ2) is 5.69. The number of benzene rings is 1. The summed E-state index contributed by atoms with van der Waals surface area (Å²) in [5, 5.41) is 0. The molecule has 0 aliphatic carbocycles. The first-order chi connectivity index (χ1) is 9.84. The number of hydrogen-bond donors (Lipinski definition) is 0. The summed E-state index contributed by atoms with van der Waals surface area (Å²) in [4.78, 5) is 16.4. The number of carbonyl (C=O) groups is 1. The van der Waals surface area contributed by atoms with Crippen molar-refractivity contribution in [2.75, 3.05) is 27.7 Å². The fraction of sp³-hybridized carbons (Fsp3) is 0.375. The summed E-state index contributed by atoms with van der Waals surface area (Å²) in [5.74, 6) is 0.129. The lowest BCUT2D eigenvalue weighted by Crippen LogP contribution is -2.35. The molecule has 1 aromatic carbocycles. The Kier molecular flexibility index (Phi) is 4.14. The first-order valence-corrected chi connectivity index (χ1v) is 6.90. The number of carbonyl (C=O) groups excluding carboxylic acids is 1. The predicted molar refractivity (Wildman–Crippen MR) is 82.2 cm³/mol. The molecule has 0 aliphatic heterocycles. The third-order valence-electron chi connectivity index (χ3n) is 3.08. The lowest BCUT2D eigenvalue weighted by Gasteiger charge is -2.25. The highest BCUT2D eigenvalue weighted by Crippen LogP contribution is 2.34. The largest absolute Gasteiger partial charge is 0.460 e. The van der Waals surface area contributed by atoms with Gasteiger partial charge in [0.1, 0.15) is 11.4 Å². The van der Waals surface area contributed by atoms with Crippen molar-refractivity contribution in [1.82, 2.24) is 9.47 Å².